The molecule has 0 saturated carbocycles. The lowest BCUT2D eigenvalue weighted by atomic mass is 9.89. The van der Waals surface area contributed by atoms with Crippen molar-refractivity contribution in [3.63, 3.8) is 0 Å². The van der Waals surface area contributed by atoms with E-state index in [0.29, 0.717) is 26.3 Å². The van der Waals surface area contributed by atoms with Crippen molar-refractivity contribution in [3.05, 3.63) is 28.2 Å². The topological polar surface area (TPSA) is 58.6 Å². The smallest absolute Gasteiger partial charge is 0.239 e. The molecule has 1 heterocycles. The van der Waals surface area contributed by atoms with Crippen molar-refractivity contribution in [1.29, 1.82) is 0 Å². The molecule has 22 heavy (non-hydrogen) atoms. The highest BCUT2D eigenvalue weighted by Crippen LogP contribution is 2.25. The highest BCUT2D eigenvalue weighted by molar-refractivity contribution is 9.10. The molecule has 1 fully saturated rings. The van der Waals surface area contributed by atoms with Gasteiger partial charge >= 0.3 is 0 Å². The number of nitrogens with zero attached hydrogens (tertiary/aromatic N) is 1. The van der Waals surface area contributed by atoms with Crippen molar-refractivity contribution in [3.8, 4) is 0 Å². The predicted molar refractivity (Wildman–Crippen MR) is 88.7 cm³/mol. The normalized spacial score (nSPS) is 15.5. The Hall–Kier alpha value is -1.40. The summed E-state index contributed by atoms with van der Waals surface area (Å²) in [6, 6.07) is 5.61. The number of nitrogens with one attached hydrogen (secondary N) is 1. The first-order valence-electron chi connectivity index (χ1n) is 7.27. The first-order valence-corrected chi connectivity index (χ1v) is 8.06. The Morgan fingerprint density at radius 3 is 2.50 bits per heavy atom. The fourth-order valence-corrected chi connectivity index (χ4v) is 2.78. The summed E-state index contributed by atoms with van der Waals surface area (Å²) in [5, 5.41) is 2.86. The zero-order valence-corrected chi connectivity index (χ0v) is 14.7. The zero-order valence-electron chi connectivity index (χ0n) is 13.1. The lowest BCUT2D eigenvalue weighted by Crippen LogP contribution is -2.51. The number of anilines is 1. The molecule has 0 spiro atoms. The zero-order chi connectivity index (χ0) is 16.3. The number of carbonyl (C=O) groups is 2. The van der Waals surface area contributed by atoms with Crippen LogP contribution in [0.3, 0.4) is 0 Å². The van der Waals surface area contributed by atoms with Crippen LogP contribution in [0.25, 0.3) is 0 Å². The second-order valence-electron chi connectivity index (χ2n) is 5.94. The molecule has 120 valence electrons. The fourth-order valence-electron chi connectivity index (χ4n) is 2.30. The molecule has 2 amide bonds. The SMILES string of the molecule is Cc1cc(Br)ccc1NC(=O)C(C)(C)C(=O)N1CCOCC1. The van der Waals surface area contributed by atoms with Gasteiger partial charge in [0.25, 0.3) is 0 Å². The molecule has 0 unspecified atom stereocenters. The third-order valence-electron chi connectivity index (χ3n) is 3.84. The standard InChI is InChI=1S/C16H21BrN2O3/c1-11-10-12(17)4-5-13(11)18-14(20)16(2,3)15(21)19-6-8-22-9-7-19/h4-5,10H,6-9H2,1-3H3,(H,18,20). The molecular formula is C16H21BrN2O3. The molecule has 0 aromatic heterocycles. The van der Waals surface area contributed by atoms with Crippen LogP contribution in [0.5, 0.6) is 0 Å². The van der Waals surface area contributed by atoms with Crippen molar-refractivity contribution >= 4 is 33.4 Å². The van der Waals surface area contributed by atoms with Gasteiger partial charge in [-0.2, -0.15) is 0 Å². The third-order valence-corrected chi connectivity index (χ3v) is 4.33. The summed E-state index contributed by atoms with van der Waals surface area (Å²) in [5.41, 5.74) is 0.546. The van der Waals surface area contributed by atoms with Crippen LogP contribution in [0.15, 0.2) is 22.7 Å². The van der Waals surface area contributed by atoms with Crippen molar-refractivity contribution in [1.82, 2.24) is 4.90 Å². The number of rotatable bonds is 3. The van der Waals surface area contributed by atoms with Crippen molar-refractivity contribution < 1.29 is 14.3 Å². The van der Waals surface area contributed by atoms with Gasteiger partial charge in [-0.1, -0.05) is 15.9 Å². The van der Waals surface area contributed by atoms with E-state index >= 15 is 0 Å². The minimum atomic E-state index is -1.11. The second kappa shape index (κ2) is 6.79. The third kappa shape index (κ3) is 3.67. The van der Waals surface area contributed by atoms with Crippen LogP contribution in [0.1, 0.15) is 19.4 Å². The number of amides is 2. The molecule has 1 saturated heterocycles. The van der Waals surface area contributed by atoms with Crippen LogP contribution in [-0.2, 0) is 14.3 Å². The maximum atomic E-state index is 12.6. The first-order chi connectivity index (χ1) is 10.3. The molecule has 1 aliphatic heterocycles. The number of benzene rings is 1. The maximum absolute atomic E-state index is 12.6. The van der Waals surface area contributed by atoms with Crippen LogP contribution >= 0.6 is 15.9 Å². The molecule has 1 aromatic carbocycles. The molecule has 0 aliphatic carbocycles. The number of carbonyl (C=O) groups excluding carboxylic acids is 2. The Bertz CT molecular complexity index is 581. The highest BCUT2D eigenvalue weighted by Gasteiger charge is 2.39. The van der Waals surface area contributed by atoms with Crippen molar-refractivity contribution in [2.45, 2.75) is 20.8 Å². The Balaban J connectivity index is 2.10. The first kappa shape index (κ1) is 17.0. The Morgan fingerprint density at radius 1 is 1.27 bits per heavy atom. The molecule has 1 aromatic rings. The van der Waals surface area contributed by atoms with Gasteiger partial charge in [-0.25, -0.2) is 0 Å². The van der Waals surface area contributed by atoms with Gasteiger partial charge < -0.3 is 15.0 Å². The molecule has 0 radical (unpaired) electrons. The lowest BCUT2D eigenvalue weighted by molar-refractivity contribution is -0.149. The van der Waals surface area contributed by atoms with Gasteiger partial charge in [0.1, 0.15) is 5.41 Å². The van der Waals surface area contributed by atoms with Gasteiger partial charge in [-0.15, -0.1) is 0 Å². The summed E-state index contributed by atoms with van der Waals surface area (Å²) in [7, 11) is 0. The predicted octanol–water partition coefficient (Wildman–Crippen LogP) is 2.58. The summed E-state index contributed by atoms with van der Waals surface area (Å²) in [6.45, 7) is 7.35. The average Bonchev–Trinajstić information content (AvgIpc) is 2.50. The Labute approximate surface area is 139 Å². The van der Waals surface area contributed by atoms with Crippen LogP contribution in [-0.4, -0.2) is 43.0 Å². The monoisotopic (exact) mass is 368 g/mol. The van der Waals surface area contributed by atoms with E-state index < -0.39 is 5.41 Å². The van der Waals surface area contributed by atoms with Gasteiger partial charge in [0.05, 0.1) is 13.2 Å². The van der Waals surface area contributed by atoms with E-state index in [1.165, 1.54) is 0 Å². The summed E-state index contributed by atoms with van der Waals surface area (Å²) in [5.74, 6) is -0.461. The van der Waals surface area contributed by atoms with Crippen LogP contribution in [0.2, 0.25) is 0 Å². The van der Waals surface area contributed by atoms with E-state index in [-0.39, 0.29) is 11.8 Å². The minimum Gasteiger partial charge on any atom is -0.378 e. The summed E-state index contributed by atoms with van der Waals surface area (Å²) >= 11 is 3.39. The molecule has 0 atom stereocenters. The number of aryl methyl sites for hydroxylation is 1. The van der Waals surface area contributed by atoms with E-state index in [0.717, 1.165) is 15.7 Å². The van der Waals surface area contributed by atoms with E-state index in [2.05, 4.69) is 21.2 Å². The van der Waals surface area contributed by atoms with Crippen molar-refractivity contribution in [2.75, 3.05) is 31.6 Å². The molecular weight excluding hydrogens is 348 g/mol. The molecule has 5 nitrogen and oxygen atoms in total. The minimum absolute atomic E-state index is 0.164. The van der Waals surface area contributed by atoms with Gasteiger partial charge in [0, 0.05) is 23.2 Å². The Morgan fingerprint density at radius 2 is 1.91 bits per heavy atom. The van der Waals surface area contributed by atoms with Gasteiger partial charge in [0.2, 0.25) is 11.8 Å². The van der Waals surface area contributed by atoms with Gasteiger partial charge in [-0.05, 0) is 44.5 Å². The number of ether oxygens (including phenoxy) is 1. The fraction of sp³-hybridized carbons (Fsp3) is 0.500. The second-order valence-corrected chi connectivity index (χ2v) is 6.86. The van der Waals surface area contributed by atoms with Gasteiger partial charge in [-0.3, -0.25) is 9.59 Å². The van der Waals surface area contributed by atoms with Crippen LogP contribution in [0.4, 0.5) is 5.69 Å². The number of halogens is 1. The Kier molecular flexibility index (Phi) is 5.24. The maximum Gasteiger partial charge on any atom is 0.239 e. The lowest BCUT2D eigenvalue weighted by Gasteiger charge is -2.33. The number of morpholine rings is 1. The summed E-state index contributed by atoms with van der Waals surface area (Å²) < 4.78 is 6.20. The summed E-state index contributed by atoms with van der Waals surface area (Å²) in [4.78, 5) is 26.8. The van der Waals surface area contributed by atoms with E-state index in [9.17, 15) is 9.59 Å². The van der Waals surface area contributed by atoms with E-state index in [4.69, 9.17) is 4.74 Å². The van der Waals surface area contributed by atoms with E-state index in [1.54, 1.807) is 18.7 Å². The van der Waals surface area contributed by atoms with Crippen LogP contribution in [0, 0.1) is 12.3 Å². The molecule has 0 bridgehead atoms. The van der Waals surface area contributed by atoms with Gasteiger partial charge in [0.15, 0.2) is 0 Å². The van der Waals surface area contributed by atoms with Crippen molar-refractivity contribution in [2.24, 2.45) is 5.41 Å². The summed E-state index contributed by atoms with van der Waals surface area (Å²) in [6.07, 6.45) is 0. The van der Waals surface area contributed by atoms with Crippen LogP contribution < -0.4 is 5.32 Å². The van der Waals surface area contributed by atoms with E-state index in [1.807, 2.05) is 25.1 Å². The number of hydrogen-bond acceptors (Lipinski definition) is 3. The molecule has 1 aliphatic rings. The number of hydrogen-bond donors (Lipinski definition) is 1. The molecule has 6 heteroatoms. The quantitative estimate of drug-likeness (QED) is 0.834. The largest absolute Gasteiger partial charge is 0.378 e. The highest BCUT2D eigenvalue weighted by atomic mass is 79.9. The molecule has 1 N–H and O–H groups in total. The molecule has 2 rings (SSSR count). The average molecular weight is 369 g/mol.